The van der Waals surface area contributed by atoms with Gasteiger partial charge in [0.05, 0.1) is 6.61 Å². The molecule has 10 atom stereocenters. The van der Waals surface area contributed by atoms with Crippen LogP contribution in [0.5, 0.6) is 0 Å². The molecule has 2 saturated heterocycles. The van der Waals surface area contributed by atoms with Crippen molar-refractivity contribution in [3.8, 4) is 0 Å². The Hall–Kier alpha value is -4.36. The lowest BCUT2D eigenvalue weighted by Gasteiger charge is -2.46. The molecule has 0 aliphatic carbocycles. The fourth-order valence-electron chi connectivity index (χ4n) is 4.76. The molecule has 1 unspecified atom stereocenters. The number of carbonyl (C=O) groups is 8. The summed E-state index contributed by atoms with van der Waals surface area (Å²) in [6, 6.07) is 0. The monoisotopic (exact) mass is 678 g/mol. The summed E-state index contributed by atoms with van der Waals surface area (Å²) in [6.07, 6.45) is -15.6. The predicted octanol–water partition coefficient (Wildman–Crippen LogP) is -0.831. The van der Waals surface area contributed by atoms with E-state index >= 15 is 0 Å². The largest absolute Gasteiger partial charge is 0.463 e. The molecule has 0 N–H and O–H groups in total. The molecule has 0 bridgehead atoms. The quantitative estimate of drug-likeness (QED) is 0.181. The van der Waals surface area contributed by atoms with Crippen LogP contribution in [0.15, 0.2) is 0 Å². The third-order valence-electron chi connectivity index (χ3n) is 6.15. The van der Waals surface area contributed by atoms with Gasteiger partial charge in [0, 0.05) is 55.4 Å². The molecule has 0 aromatic rings. The molecule has 264 valence electrons. The van der Waals surface area contributed by atoms with E-state index in [0.29, 0.717) is 0 Å². The van der Waals surface area contributed by atoms with Gasteiger partial charge >= 0.3 is 47.8 Å². The fourth-order valence-corrected chi connectivity index (χ4v) is 4.76. The van der Waals surface area contributed by atoms with Crippen molar-refractivity contribution in [1.29, 1.82) is 0 Å². The number of esters is 8. The summed E-state index contributed by atoms with van der Waals surface area (Å²) in [7, 11) is 0. The molecule has 0 amide bonds. The maximum atomic E-state index is 12.1. The topological polar surface area (TPSA) is 238 Å². The second kappa shape index (κ2) is 17.5. The van der Waals surface area contributed by atoms with Gasteiger partial charge in [-0.05, 0) is 0 Å². The number of rotatable bonds is 12. The first-order chi connectivity index (χ1) is 21.9. The Morgan fingerprint density at radius 2 is 0.702 bits per heavy atom. The van der Waals surface area contributed by atoms with Crippen LogP contribution in [-0.2, 0) is 90.5 Å². The van der Waals surface area contributed by atoms with Gasteiger partial charge < -0.3 is 52.1 Å². The lowest BCUT2D eigenvalue weighted by molar-refractivity contribution is -0.331. The van der Waals surface area contributed by atoms with Gasteiger partial charge in [-0.2, -0.15) is 0 Å². The molecular weight excluding hydrogens is 640 g/mol. The molecular formula is C28H38O19. The standard InChI is InChI=1S/C28H38O19/c1-11(29)37-9-19-21(39-12(2)30)23(41-14(4)32)25(43-16(6)34)27(46-19)38-10-20-22(40-13(3)31)24(42-15(5)33)26(44-17(7)35)28(47-20)45-18(8)36/h19-28H,9-10H2,1-8H3/t19-,20-,21+,22+,23+,24+,25-,26-,27-,28?/m1/s1. The molecule has 19 nitrogen and oxygen atoms in total. The predicted molar refractivity (Wildman–Crippen MR) is 145 cm³/mol. The van der Waals surface area contributed by atoms with Crippen LogP contribution in [0.4, 0.5) is 0 Å². The zero-order valence-electron chi connectivity index (χ0n) is 26.9. The van der Waals surface area contributed by atoms with Crippen LogP contribution in [-0.4, -0.2) is 122 Å². The van der Waals surface area contributed by atoms with E-state index < -0.39 is 122 Å². The summed E-state index contributed by atoms with van der Waals surface area (Å²) in [4.78, 5) is 95.9. The van der Waals surface area contributed by atoms with E-state index in [9.17, 15) is 38.4 Å². The van der Waals surface area contributed by atoms with Crippen LogP contribution in [0.2, 0.25) is 0 Å². The Kier molecular flexibility index (Phi) is 14.5. The van der Waals surface area contributed by atoms with Crippen LogP contribution < -0.4 is 0 Å². The molecule has 19 heteroatoms. The Labute approximate surface area is 268 Å². The normalized spacial score (nSPS) is 30.0. The molecule has 2 aliphatic rings. The summed E-state index contributed by atoms with van der Waals surface area (Å²) in [5, 5.41) is 0. The van der Waals surface area contributed by atoms with Crippen LogP contribution in [0.1, 0.15) is 55.4 Å². The summed E-state index contributed by atoms with van der Waals surface area (Å²) < 4.78 is 59.8. The zero-order valence-corrected chi connectivity index (χ0v) is 26.9. The first-order valence-electron chi connectivity index (χ1n) is 14.2. The molecule has 47 heavy (non-hydrogen) atoms. The Morgan fingerprint density at radius 1 is 0.383 bits per heavy atom. The average molecular weight is 679 g/mol. The number of carbonyl (C=O) groups excluding carboxylic acids is 8. The minimum Gasteiger partial charge on any atom is -0.463 e. The highest BCUT2D eigenvalue weighted by molar-refractivity contribution is 5.70. The minimum absolute atomic E-state index is 0.541. The highest BCUT2D eigenvalue weighted by Crippen LogP contribution is 2.33. The van der Waals surface area contributed by atoms with Crippen molar-refractivity contribution in [3.63, 3.8) is 0 Å². The number of hydrogen-bond donors (Lipinski definition) is 0. The number of hydrogen-bond acceptors (Lipinski definition) is 19. The first-order valence-corrected chi connectivity index (χ1v) is 14.2. The zero-order chi connectivity index (χ0) is 35.6. The van der Waals surface area contributed by atoms with Crippen LogP contribution in [0.25, 0.3) is 0 Å². The molecule has 2 fully saturated rings. The van der Waals surface area contributed by atoms with E-state index in [4.69, 9.17) is 52.1 Å². The van der Waals surface area contributed by atoms with Gasteiger partial charge in [0.25, 0.3) is 0 Å². The van der Waals surface area contributed by atoms with Crippen molar-refractivity contribution in [2.45, 2.75) is 117 Å². The minimum atomic E-state index is -1.71. The first kappa shape index (κ1) is 38.8. The SMILES string of the molecule is CC(=O)OC[C@H]1O[C@@H](OC[C@H]2OC(OC(C)=O)[C@H](OC(C)=O)[C@@H](OC(C)=O)[C@H]2OC(C)=O)[C@H](OC(C)=O)[C@@H](OC(C)=O)[C@H]1OC(C)=O. The molecule has 0 aromatic carbocycles. The molecule has 0 aromatic heterocycles. The average Bonchev–Trinajstić information content (AvgIpc) is 2.91. The van der Waals surface area contributed by atoms with Gasteiger partial charge in [-0.1, -0.05) is 0 Å². The van der Waals surface area contributed by atoms with Crippen LogP contribution in [0.3, 0.4) is 0 Å². The van der Waals surface area contributed by atoms with Gasteiger partial charge in [0.15, 0.2) is 36.8 Å². The number of ether oxygens (including phenoxy) is 11. The van der Waals surface area contributed by atoms with E-state index in [0.717, 1.165) is 55.4 Å². The Bertz CT molecular complexity index is 1200. The van der Waals surface area contributed by atoms with Gasteiger partial charge in [-0.3, -0.25) is 38.4 Å². The highest BCUT2D eigenvalue weighted by Gasteiger charge is 2.56. The molecule has 2 rings (SSSR count). The van der Waals surface area contributed by atoms with Crippen molar-refractivity contribution in [1.82, 2.24) is 0 Å². The molecule has 0 radical (unpaired) electrons. The summed E-state index contributed by atoms with van der Waals surface area (Å²) in [5.41, 5.74) is 0. The Morgan fingerprint density at radius 3 is 1.09 bits per heavy atom. The molecule has 2 heterocycles. The van der Waals surface area contributed by atoms with Gasteiger partial charge in [-0.25, -0.2) is 0 Å². The van der Waals surface area contributed by atoms with E-state index in [1.807, 2.05) is 0 Å². The summed E-state index contributed by atoms with van der Waals surface area (Å²) >= 11 is 0. The molecule has 0 spiro atoms. The van der Waals surface area contributed by atoms with Gasteiger partial charge in [0.1, 0.15) is 18.8 Å². The Balaban J connectivity index is 2.56. The van der Waals surface area contributed by atoms with Crippen LogP contribution >= 0.6 is 0 Å². The van der Waals surface area contributed by atoms with E-state index in [1.165, 1.54) is 0 Å². The maximum Gasteiger partial charge on any atom is 0.305 e. The molecule has 0 saturated carbocycles. The van der Waals surface area contributed by atoms with E-state index in [1.54, 1.807) is 0 Å². The van der Waals surface area contributed by atoms with Crippen LogP contribution in [0, 0.1) is 0 Å². The molecule has 2 aliphatic heterocycles. The van der Waals surface area contributed by atoms with Gasteiger partial charge in [0.2, 0.25) is 12.4 Å². The van der Waals surface area contributed by atoms with E-state index in [2.05, 4.69) is 0 Å². The van der Waals surface area contributed by atoms with Crippen molar-refractivity contribution in [2.75, 3.05) is 13.2 Å². The third-order valence-corrected chi connectivity index (χ3v) is 6.15. The van der Waals surface area contributed by atoms with Crippen molar-refractivity contribution in [2.24, 2.45) is 0 Å². The van der Waals surface area contributed by atoms with Crippen molar-refractivity contribution < 1.29 is 90.5 Å². The van der Waals surface area contributed by atoms with Crippen molar-refractivity contribution in [3.05, 3.63) is 0 Å². The fraction of sp³-hybridized carbons (Fsp3) is 0.714. The van der Waals surface area contributed by atoms with Crippen molar-refractivity contribution >= 4 is 47.8 Å². The highest BCUT2D eigenvalue weighted by atomic mass is 16.8. The summed E-state index contributed by atoms with van der Waals surface area (Å²) in [6.45, 7) is 7.09. The third kappa shape index (κ3) is 12.1. The van der Waals surface area contributed by atoms with Gasteiger partial charge in [-0.15, -0.1) is 0 Å². The smallest absolute Gasteiger partial charge is 0.305 e. The second-order valence-corrected chi connectivity index (χ2v) is 10.3. The maximum absolute atomic E-state index is 12.1. The lowest BCUT2D eigenvalue weighted by atomic mass is 9.97. The lowest BCUT2D eigenvalue weighted by Crippen LogP contribution is -2.65. The summed E-state index contributed by atoms with van der Waals surface area (Å²) in [5.74, 6) is -6.93. The van der Waals surface area contributed by atoms with E-state index in [-0.39, 0.29) is 0 Å². The second-order valence-electron chi connectivity index (χ2n) is 10.3.